The maximum Gasteiger partial charge on any atom is 0.357 e. The average molecular weight is 261 g/mol. The number of hydrogen-bond acceptors (Lipinski definition) is 6. The molecule has 2 rings (SSSR count). The number of anilines is 1. The molecule has 0 saturated carbocycles. The van der Waals surface area contributed by atoms with Crippen LogP contribution in [0.25, 0.3) is 0 Å². The maximum atomic E-state index is 11.7. The Labute approximate surface area is 110 Å². The molecule has 19 heavy (non-hydrogen) atoms. The molecule has 7 heteroatoms. The fourth-order valence-electron chi connectivity index (χ4n) is 1.53. The lowest BCUT2D eigenvalue weighted by Crippen LogP contribution is -2.12. The number of carbonyl (C=O) groups excluding carboxylic acids is 1. The van der Waals surface area contributed by atoms with E-state index in [9.17, 15) is 4.79 Å². The van der Waals surface area contributed by atoms with Crippen molar-refractivity contribution in [3.05, 3.63) is 36.2 Å². The molecule has 0 radical (unpaired) electrons. The van der Waals surface area contributed by atoms with Crippen LogP contribution in [0.3, 0.4) is 0 Å². The van der Waals surface area contributed by atoms with Crippen LogP contribution in [0.1, 0.15) is 29.7 Å². The summed E-state index contributed by atoms with van der Waals surface area (Å²) in [5.41, 5.74) is 6.21. The van der Waals surface area contributed by atoms with Gasteiger partial charge >= 0.3 is 5.97 Å². The summed E-state index contributed by atoms with van der Waals surface area (Å²) in [4.78, 5) is 19.7. The molecular weight excluding hydrogens is 246 g/mol. The van der Waals surface area contributed by atoms with Crippen molar-refractivity contribution in [1.82, 2.24) is 19.7 Å². The standard InChI is InChI=1S/C12H15N5O2/c1-2-5-17-11(15-8-16-17)7-19-12(18)10-4-3-9(13)6-14-10/h3-4,6,8H,2,5,7,13H2,1H3. The fourth-order valence-corrected chi connectivity index (χ4v) is 1.53. The molecule has 0 aliphatic carbocycles. The third-order valence-electron chi connectivity index (χ3n) is 2.46. The first-order chi connectivity index (χ1) is 9.20. The number of rotatable bonds is 5. The second kappa shape index (κ2) is 5.94. The van der Waals surface area contributed by atoms with Gasteiger partial charge in [-0.3, -0.25) is 0 Å². The number of nitrogens with zero attached hydrogens (tertiary/aromatic N) is 4. The van der Waals surface area contributed by atoms with Gasteiger partial charge in [0, 0.05) is 6.54 Å². The van der Waals surface area contributed by atoms with Crippen molar-refractivity contribution in [2.75, 3.05) is 5.73 Å². The predicted octanol–water partition coefficient (Wildman–Crippen LogP) is 1.02. The summed E-state index contributed by atoms with van der Waals surface area (Å²) in [5, 5.41) is 4.05. The van der Waals surface area contributed by atoms with Gasteiger partial charge in [-0.05, 0) is 18.6 Å². The van der Waals surface area contributed by atoms with Gasteiger partial charge in [0.05, 0.1) is 11.9 Å². The van der Waals surface area contributed by atoms with Gasteiger partial charge in [0.1, 0.15) is 12.0 Å². The van der Waals surface area contributed by atoms with Gasteiger partial charge in [-0.15, -0.1) is 0 Å². The van der Waals surface area contributed by atoms with Gasteiger partial charge in [0.15, 0.2) is 12.4 Å². The first-order valence-corrected chi connectivity index (χ1v) is 5.96. The van der Waals surface area contributed by atoms with Crippen LogP contribution < -0.4 is 5.73 Å². The van der Waals surface area contributed by atoms with E-state index in [1.807, 2.05) is 6.92 Å². The largest absolute Gasteiger partial charge is 0.453 e. The number of carbonyl (C=O) groups is 1. The summed E-state index contributed by atoms with van der Waals surface area (Å²) >= 11 is 0. The molecule has 0 aliphatic heterocycles. The normalized spacial score (nSPS) is 10.4. The van der Waals surface area contributed by atoms with E-state index in [0.717, 1.165) is 13.0 Å². The summed E-state index contributed by atoms with van der Waals surface area (Å²) in [6.45, 7) is 2.85. The second-order valence-corrected chi connectivity index (χ2v) is 3.95. The lowest BCUT2D eigenvalue weighted by atomic mass is 10.3. The van der Waals surface area contributed by atoms with Crippen LogP contribution in [0.2, 0.25) is 0 Å². The van der Waals surface area contributed by atoms with Crippen molar-refractivity contribution in [2.24, 2.45) is 0 Å². The first-order valence-electron chi connectivity index (χ1n) is 5.96. The minimum Gasteiger partial charge on any atom is -0.453 e. The van der Waals surface area contributed by atoms with Crippen molar-refractivity contribution < 1.29 is 9.53 Å². The number of pyridine rings is 1. The molecule has 100 valence electrons. The van der Waals surface area contributed by atoms with E-state index >= 15 is 0 Å². The fraction of sp³-hybridized carbons (Fsp3) is 0.333. The van der Waals surface area contributed by atoms with E-state index in [0.29, 0.717) is 11.5 Å². The Morgan fingerprint density at radius 3 is 2.95 bits per heavy atom. The van der Waals surface area contributed by atoms with Crippen LogP contribution in [0.15, 0.2) is 24.7 Å². The lowest BCUT2D eigenvalue weighted by Gasteiger charge is -2.05. The highest BCUT2D eigenvalue weighted by atomic mass is 16.5. The summed E-state index contributed by atoms with van der Waals surface area (Å²) in [7, 11) is 0. The maximum absolute atomic E-state index is 11.7. The van der Waals surface area contributed by atoms with Gasteiger partial charge in [-0.25, -0.2) is 19.4 Å². The third kappa shape index (κ3) is 3.27. The molecule has 0 aromatic carbocycles. The van der Waals surface area contributed by atoms with Crippen LogP contribution in [-0.4, -0.2) is 25.7 Å². The molecule has 0 amide bonds. The molecule has 2 aromatic rings. The van der Waals surface area contributed by atoms with Gasteiger partial charge in [0.2, 0.25) is 0 Å². The second-order valence-electron chi connectivity index (χ2n) is 3.95. The molecule has 0 unspecified atom stereocenters. The summed E-state index contributed by atoms with van der Waals surface area (Å²) in [5.74, 6) is 0.108. The van der Waals surface area contributed by atoms with E-state index in [1.54, 1.807) is 10.7 Å². The van der Waals surface area contributed by atoms with Crippen molar-refractivity contribution >= 4 is 11.7 Å². The first kappa shape index (κ1) is 13.0. The van der Waals surface area contributed by atoms with Crippen LogP contribution >= 0.6 is 0 Å². The topological polar surface area (TPSA) is 95.9 Å². The van der Waals surface area contributed by atoms with Gasteiger partial charge in [-0.2, -0.15) is 5.10 Å². The smallest absolute Gasteiger partial charge is 0.357 e. The zero-order valence-corrected chi connectivity index (χ0v) is 10.6. The lowest BCUT2D eigenvalue weighted by molar-refractivity contribution is 0.0449. The Balaban J connectivity index is 1.96. The van der Waals surface area contributed by atoms with E-state index in [1.165, 1.54) is 18.6 Å². The van der Waals surface area contributed by atoms with Crippen molar-refractivity contribution in [3.8, 4) is 0 Å². The number of aromatic nitrogens is 4. The van der Waals surface area contributed by atoms with E-state index in [2.05, 4.69) is 15.1 Å². The number of nitrogens with two attached hydrogens (primary N) is 1. The molecule has 0 atom stereocenters. The molecule has 0 aliphatic rings. The molecule has 0 fully saturated rings. The monoisotopic (exact) mass is 261 g/mol. The Morgan fingerprint density at radius 1 is 1.42 bits per heavy atom. The predicted molar refractivity (Wildman–Crippen MR) is 68.1 cm³/mol. The Morgan fingerprint density at radius 2 is 2.26 bits per heavy atom. The van der Waals surface area contributed by atoms with Crippen LogP contribution in [0, 0.1) is 0 Å². The number of ether oxygens (including phenoxy) is 1. The number of nitrogen functional groups attached to an aromatic ring is 1. The van der Waals surface area contributed by atoms with E-state index < -0.39 is 5.97 Å². The zero-order valence-electron chi connectivity index (χ0n) is 10.6. The Hall–Kier alpha value is -2.44. The van der Waals surface area contributed by atoms with Crippen molar-refractivity contribution in [2.45, 2.75) is 26.5 Å². The molecule has 0 bridgehead atoms. The Kier molecular flexibility index (Phi) is 4.07. The number of hydrogen-bond donors (Lipinski definition) is 1. The zero-order chi connectivity index (χ0) is 13.7. The molecule has 2 N–H and O–H groups in total. The molecule has 0 saturated heterocycles. The summed E-state index contributed by atoms with van der Waals surface area (Å²) in [6.07, 6.45) is 3.79. The molecule has 7 nitrogen and oxygen atoms in total. The summed E-state index contributed by atoms with van der Waals surface area (Å²) < 4.78 is 6.85. The SMILES string of the molecule is CCCn1ncnc1COC(=O)c1ccc(N)cn1. The molecule has 2 aromatic heterocycles. The Bertz CT molecular complexity index is 550. The van der Waals surface area contributed by atoms with Crippen LogP contribution in [0.5, 0.6) is 0 Å². The minimum absolute atomic E-state index is 0.0743. The van der Waals surface area contributed by atoms with E-state index in [-0.39, 0.29) is 12.3 Å². The van der Waals surface area contributed by atoms with Crippen LogP contribution in [-0.2, 0) is 17.9 Å². The van der Waals surface area contributed by atoms with Gasteiger partial charge < -0.3 is 10.5 Å². The molecule has 2 heterocycles. The highest BCUT2D eigenvalue weighted by molar-refractivity contribution is 5.87. The minimum atomic E-state index is -0.508. The van der Waals surface area contributed by atoms with Crippen molar-refractivity contribution in [3.63, 3.8) is 0 Å². The van der Waals surface area contributed by atoms with E-state index in [4.69, 9.17) is 10.5 Å². The van der Waals surface area contributed by atoms with Crippen LogP contribution in [0.4, 0.5) is 5.69 Å². The average Bonchev–Trinajstić information content (AvgIpc) is 2.85. The molecular formula is C12H15N5O2. The van der Waals surface area contributed by atoms with Gasteiger partial charge in [-0.1, -0.05) is 6.92 Å². The third-order valence-corrected chi connectivity index (χ3v) is 2.46. The molecule has 0 spiro atoms. The highest BCUT2D eigenvalue weighted by Gasteiger charge is 2.11. The number of aryl methyl sites for hydroxylation is 1. The summed E-state index contributed by atoms with van der Waals surface area (Å²) in [6, 6.07) is 3.12. The van der Waals surface area contributed by atoms with Crippen molar-refractivity contribution in [1.29, 1.82) is 0 Å². The quantitative estimate of drug-likeness (QED) is 0.807. The van der Waals surface area contributed by atoms with Gasteiger partial charge in [0.25, 0.3) is 0 Å². The number of esters is 1. The highest BCUT2D eigenvalue weighted by Crippen LogP contribution is 2.05.